The van der Waals surface area contributed by atoms with E-state index in [1.165, 1.54) is 11.8 Å². The number of carbonyl (C=O) groups excluding carboxylic acids is 1. The van der Waals surface area contributed by atoms with Gasteiger partial charge in [0, 0.05) is 30.5 Å². The highest BCUT2D eigenvalue weighted by atomic mass is 32.2. The normalized spacial score (nSPS) is 10.9. The molecule has 0 atom stereocenters. The van der Waals surface area contributed by atoms with Crippen molar-refractivity contribution in [2.45, 2.75) is 25.5 Å². The molecule has 0 unspecified atom stereocenters. The topological polar surface area (TPSA) is 78.1 Å². The Morgan fingerprint density at radius 1 is 1.06 bits per heavy atom. The minimum Gasteiger partial charge on any atom is -0.497 e. The second-order valence-electron chi connectivity index (χ2n) is 7.62. The van der Waals surface area contributed by atoms with Crippen LogP contribution in [0.4, 0.5) is 0 Å². The van der Waals surface area contributed by atoms with Crippen molar-refractivity contribution in [2.24, 2.45) is 0 Å². The maximum atomic E-state index is 12.9. The van der Waals surface area contributed by atoms with Gasteiger partial charge in [-0.3, -0.25) is 9.36 Å². The molecule has 2 aromatic carbocycles. The van der Waals surface area contributed by atoms with E-state index in [0.717, 1.165) is 34.1 Å². The summed E-state index contributed by atoms with van der Waals surface area (Å²) in [6, 6.07) is 17.6. The van der Waals surface area contributed by atoms with Crippen LogP contribution in [0.2, 0.25) is 0 Å². The number of benzene rings is 2. The third-order valence-corrected chi connectivity index (χ3v) is 6.38. The van der Waals surface area contributed by atoms with E-state index in [2.05, 4.69) is 15.3 Å². The second kappa shape index (κ2) is 9.91. The first-order valence-corrected chi connectivity index (χ1v) is 11.5. The lowest BCUT2D eigenvalue weighted by atomic mass is 10.2. The van der Waals surface area contributed by atoms with Gasteiger partial charge in [-0.05, 0) is 50.2 Å². The fourth-order valence-electron chi connectivity index (χ4n) is 3.53. The molecule has 0 aliphatic heterocycles. The molecule has 9 heteroatoms. The number of methoxy groups -OCH3 is 1. The average Bonchev–Trinajstić information content (AvgIpc) is 3.43. The van der Waals surface area contributed by atoms with Gasteiger partial charge in [-0.15, -0.1) is 10.2 Å². The Labute approximate surface area is 197 Å². The van der Waals surface area contributed by atoms with Crippen LogP contribution in [-0.4, -0.2) is 55.3 Å². The van der Waals surface area contributed by atoms with E-state index < -0.39 is 0 Å². The number of hydrogen-bond donors (Lipinski definition) is 0. The third kappa shape index (κ3) is 4.93. The third-order valence-electron chi connectivity index (χ3n) is 5.45. The van der Waals surface area contributed by atoms with Gasteiger partial charge in [0.1, 0.15) is 12.1 Å². The highest BCUT2D eigenvalue weighted by Gasteiger charge is 2.18. The lowest BCUT2D eigenvalue weighted by molar-refractivity contribution is -0.127. The highest BCUT2D eigenvalue weighted by Crippen LogP contribution is 2.23. The zero-order valence-electron chi connectivity index (χ0n) is 19.1. The highest BCUT2D eigenvalue weighted by molar-refractivity contribution is 7.99. The van der Waals surface area contributed by atoms with Crippen molar-refractivity contribution >= 4 is 17.7 Å². The second-order valence-corrected chi connectivity index (χ2v) is 8.56. The number of ether oxygens (including phenoxy) is 1. The van der Waals surface area contributed by atoms with Crippen LogP contribution < -0.4 is 4.74 Å². The van der Waals surface area contributed by atoms with E-state index in [1.54, 1.807) is 18.3 Å². The van der Waals surface area contributed by atoms with Crippen molar-refractivity contribution in [3.63, 3.8) is 0 Å². The molecule has 4 rings (SSSR count). The van der Waals surface area contributed by atoms with Gasteiger partial charge in [-0.2, -0.15) is 5.10 Å². The Morgan fingerprint density at radius 2 is 1.79 bits per heavy atom. The lowest BCUT2D eigenvalue weighted by Crippen LogP contribution is -2.28. The number of para-hydroxylation sites is 1. The molecule has 0 radical (unpaired) electrons. The Kier molecular flexibility index (Phi) is 6.79. The number of aryl methyl sites for hydroxylation is 1. The molecule has 4 aromatic rings. The summed E-state index contributed by atoms with van der Waals surface area (Å²) in [6.07, 6.45) is 1.64. The van der Waals surface area contributed by atoms with Crippen LogP contribution in [-0.2, 0) is 11.3 Å². The minimum absolute atomic E-state index is 0.00976. The predicted molar refractivity (Wildman–Crippen MR) is 128 cm³/mol. The van der Waals surface area contributed by atoms with Crippen molar-refractivity contribution in [1.82, 2.24) is 29.4 Å². The molecular weight excluding hydrogens is 436 g/mol. The Bertz CT molecular complexity index is 1230. The van der Waals surface area contributed by atoms with Gasteiger partial charge in [-0.25, -0.2) is 4.68 Å². The summed E-state index contributed by atoms with van der Waals surface area (Å²) in [7, 11) is 3.45. The monoisotopic (exact) mass is 462 g/mol. The molecular formula is C24H26N6O2S. The number of nitrogens with zero attached hydrogens (tertiary/aromatic N) is 6. The quantitative estimate of drug-likeness (QED) is 0.371. The van der Waals surface area contributed by atoms with Crippen molar-refractivity contribution < 1.29 is 9.53 Å². The van der Waals surface area contributed by atoms with Crippen molar-refractivity contribution in [3.05, 3.63) is 77.9 Å². The Balaban J connectivity index is 1.42. The molecule has 0 aliphatic carbocycles. The standard InChI is InChI=1S/C24H26N6O2S/c1-17-22(18(2)30(27-17)20-8-6-5-7-9-20)14-28(3)23(31)15-33-24-26-25-16-29(24)19-10-12-21(32-4)13-11-19/h5-13,16H,14-15H2,1-4H3. The van der Waals surface area contributed by atoms with E-state index in [-0.39, 0.29) is 11.7 Å². The van der Waals surface area contributed by atoms with E-state index >= 15 is 0 Å². The maximum absolute atomic E-state index is 12.9. The summed E-state index contributed by atoms with van der Waals surface area (Å²) in [5.41, 5.74) is 4.92. The SMILES string of the molecule is COc1ccc(-n2cnnc2SCC(=O)N(C)Cc2c(C)nn(-c3ccccc3)c2C)cc1. The van der Waals surface area contributed by atoms with Crippen LogP contribution in [0.25, 0.3) is 11.4 Å². The Morgan fingerprint density at radius 3 is 2.48 bits per heavy atom. The molecule has 0 aliphatic rings. The van der Waals surface area contributed by atoms with Crippen LogP contribution in [0.3, 0.4) is 0 Å². The smallest absolute Gasteiger partial charge is 0.233 e. The van der Waals surface area contributed by atoms with Crippen molar-refractivity contribution in [3.8, 4) is 17.1 Å². The summed E-state index contributed by atoms with van der Waals surface area (Å²) in [5, 5.41) is 13.5. The Hall–Kier alpha value is -3.59. The van der Waals surface area contributed by atoms with Gasteiger partial charge >= 0.3 is 0 Å². The molecule has 8 nitrogen and oxygen atoms in total. The van der Waals surface area contributed by atoms with Crippen LogP contribution in [0, 0.1) is 13.8 Å². The van der Waals surface area contributed by atoms with E-state index in [1.807, 2.05) is 84.7 Å². The van der Waals surface area contributed by atoms with Gasteiger partial charge in [0.2, 0.25) is 5.91 Å². The largest absolute Gasteiger partial charge is 0.497 e. The molecule has 170 valence electrons. The minimum atomic E-state index is 0.00976. The lowest BCUT2D eigenvalue weighted by Gasteiger charge is -2.17. The fraction of sp³-hybridized carbons (Fsp3) is 0.250. The number of amides is 1. The number of thioether (sulfide) groups is 1. The van der Waals surface area contributed by atoms with Crippen molar-refractivity contribution in [2.75, 3.05) is 19.9 Å². The summed E-state index contributed by atoms with van der Waals surface area (Å²) >= 11 is 1.36. The van der Waals surface area contributed by atoms with Crippen LogP contribution in [0.1, 0.15) is 17.0 Å². The van der Waals surface area contributed by atoms with Gasteiger partial charge < -0.3 is 9.64 Å². The van der Waals surface area contributed by atoms with Gasteiger partial charge in [0.15, 0.2) is 5.16 Å². The van der Waals surface area contributed by atoms with Crippen LogP contribution in [0.5, 0.6) is 5.75 Å². The first kappa shape index (κ1) is 22.6. The molecule has 1 amide bonds. The molecule has 33 heavy (non-hydrogen) atoms. The fourth-order valence-corrected chi connectivity index (χ4v) is 4.40. The van der Waals surface area contributed by atoms with E-state index in [0.29, 0.717) is 11.7 Å². The summed E-state index contributed by atoms with van der Waals surface area (Å²) in [4.78, 5) is 14.6. The molecule has 0 spiro atoms. The summed E-state index contributed by atoms with van der Waals surface area (Å²) in [5.74, 6) is 1.05. The summed E-state index contributed by atoms with van der Waals surface area (Å²) < 4.78 is 8.99. The van der Waals surface area contributed by atoms with Gasteiger partial charge in [0.05, 0.1) is 24.2 Å². The van der Waals surface area contributed by atoms with E-state index in [9.17, 15) is 4.79 Å². The number of carbonyl (C=O) groups is 1. The van der Waals surface area contributed by atoms with Crippen molar-refractivity contribution in [1.29, 1.82) is 0 Å². The van der Waals surface area contributed by atoms with Crippen LogP contribution in [0.15, 0.2) is 66.1 Å². The summed E-state index contributed by atoms with van der Waals surface area (Å²) in [6.45, 7) is 4.51. The molecule has 0 fully saturated rings. The first-order valence-electron chi connectivity index (χ1n) is 10.5. The van der Waals surface area contributed by atoms with Crippen LogP contribution >= 0.6 is 11.8 Å². The molecule has 0 saturated carbocycles. The number of hydrogen-bond acceptors (Lipinski definition) is 6. The van der Waals surface area contributed by atoms with Gasteiger partial charge in [-0.1, -0.05) is 30.0 Å². The zero-order valence-corrected chi connectivity index (χ0v) is 19.9. The molecule has 0 saturated heterocycles. The molecule has 0 bridgehead atoms. The average molecular weight is 463 g/mol. The maximum Gasteiger partial charge on any atom is 0.233 e. The van der Waals surface area contributed by atoms with E-state index in [4.69, 9.17) is 4.74 Å². The molecule has 2 heterocycles. The first-order chi connectivity index (χ1) is 16.0. The number of aromatic nitrogens is 5. The van der Waals surface area contributed by atoms with Gasteiger partial charge in [0.25, 0.3) is 0 Å². The molecule has 0 N–H and O–H groups in total. The zero-order chi connectivity index (χ0) is 23.4. The molecule has 2 aromatic heterocycles. The number of rotatable bonds is 8. The predicted octanol–water partition coefficient (Wildman–Crippen LogP) is 3.83.